The first kappa shape index (κ1) is 13.7. The lowest BCUT2D eigenvalue weighted by atomic mass is 10.1. The lowest BCUT2D eigenvalue weighted by Crippen LogP contribution is -2.28. The van der Waals surface area contributed by atoms with E-state index in [1.807, 2.05) is 6.92 Å². The van der Waals surface area contributed by atoms with Crippen LogP contribution in [-0.2, 0) is 14.3 Å². The average Bonchev–Trinajstić information content (AvgIpc) is 2.13. The van der Waals surface area contributed by atoms with Gasteiger partial charge in [0.1, 0.15) is 0 Å². The Morgan fingerprint density at radius 2 is 1.93 bits per heavy atom. The van der Waals surface area contributed by atoms with Crippen LogP contribution < -0.4 is 5.32 Å². The average molecular weight is 213 g/mol. The molecule has 1 amide bonds. The van der Waals surface area contributed by atoms with Crippen molar-refractivity contribution >= 4 is 11.9 Å². The number of nitrogens with one attached hydrogen (secondary N) is 1. The monoisotopic (exact) mass is 213 g/mol. The Hall–Kier alpha value is -1.32. The van der Waals surface area contributed by atoms with Crippen molar-refractivity contribution in [3.8, 4) is 0 Å². The van der Waals surface area contributed by atoms with E-state index < -0.39 is 0 Å². The molecule has 2 unspecified atom stereocenters. The van der Waals surface area contributed by atoms with E-state index in [0.717, 1.165) is 0 Å². The molecule has 0 spiro atoms. The molecule has 0 aromatic heterocycles. The van der Waals surface area contributed by atoms with E-state index in [0.29, 0.717) is 6.61 Å². The second-order valence-corrected chi connectivity index (χ2v) is 3.41. The number of hydrogen-bond donors (Lipinski definition) is 1. The Balaban J connectivity index is 4.03. The molecule has 2 atom stereocenters. The van der Waals surface area contributed by atoms with Crippen molar-refractivity contribution in [1.29, 1.82) is 0 Å². The van der Waals surface area contributed by atoms with Gasteiger partial charge in [-0.1, -0.05) is 12.2 Å². The number of carbonyl (C=O) groups is 2. The Bertz CT molecular complexity index is 248. The van der Waals surface area contributed by atoms with Gasteiger partial charge in [0.2, 0.25) is 5.91 Å². The zero-order valence-electron chi connectivity index (χ0n) is 9.74. The molecule has 15 heavy (non-hydrogen) atoms. The molecule has 0 bridgehead atoms. The fourth-order valence-corrected chi connectivity index (χ4v) is 1.05. The molecule has 0 aliphatic carbocycles. The third-order valence-corrected chi connectivity index (χ3v) is 1.78. The van der Waals surface area contributed by atoms with E-state index in [4.69, 9.17) is 4.74 Å². The summed E-state index contributed by atoms with van der Waals surface area (Å²) in [7, 11) is 0. The van der Waals surface area contributed by atoms with Crippen LogP contribution in [-0.4, -0.2) is 24.5 Å². The summed E-state index contributed by atoms with van der Waals surface area (Å²) in [4.78, 5) is 21.9. The molecule has 0 aromatic rings. The predicted molar refractivity (Wildman–Crippen MR) is 58.2 cm³/mol. The van der Waals surface area contributed by atoms with Crippen LogP contribution in [0.5, 0.6) is 0 Å². The van der Waals surface area contributed by atoms with Gasteiger partial charge in [-0.3, -0.25) is 9.59 Å². The fraction of sp³-hybridized carbons (Fsp3) is 0.636. The van der Waals surface area contributed by atoms with E-state index in [1.54, 1.807) is 26.0 Å². The van der Waals surface area contributed by atoms with Gasteiger partial charge in [-0.2, -0.15) is 0 Å². The Morgan fingerprint density at radius 1 is 1.33 bits per heavy atom. The molecule has 0 aliphatic heterocycles. The maximum atomic E-state index is 11.2. The van der Waals surface area contributed by atoms with Crippen molar-refractivity contribution in [2.45, 2.75) is 33.7 Å². The highest BCUT2D eigenvalue weighted by Crippen LogP contribution is 2.01. The number of rotatable bonds is 5. The highest BCUT2D eigenvalue weighted by Gasteiger charge is 2.10. The van der Waals surface area contributed by atoms with Gasteiger partial charge in [-0.05, 0) is 20.8 Å². The maximum absolute atomic E-state index is 11.2. The third kappa shape index (κ3) is 6.71. The molecule has 0 saturated carbocycles. The van der Waals surface area contributed by atoms with Crippen molar-refractivity contribution in [2.75, 3.05) is 6.61 Å². The Morgan fingerprint density at radius 3 is 2.40 bits per heavy atom. The molecule has 86 valence electrons. The van der Waals surface area contributed by atoms with Gasteiger partial charge < -0.3 is 10.1 Å². The largest absolute Gasteiger partial charge is 0.466 e. The number of esters is 1. The van der Waals surface area contributed by atoms with Gasteiger partial charge in [0, 0.05) is 13.0 Å². The standard InChI is InChI=1S/C11H19NO3/c1-5-15-11(14)8(2)6-7-9(3)12-10(4)13/h6-9H,5H2,1-4H3,(H,12,13)/b7-6+. The summed E-state index contributed by atoms with van der Waals surface area (Å²) < 4.78 is 4.84. The SMILES string of the molecule is CCOC(=O)C(C)/C=C/C(C)NC(C)=O. The van der Waals surface area contributed by atoms with Crippen molar-refractivity contribution < 1.29 is 14.3 Å². The van der Waals surface area contributed by atoms with Crippen LogP contribution in [0.1, 0.15) is 27.7 Å². The molecule has 0 heterocycles. The summed E-state index contributed by atoms with van der Waals surface area (Å²) in [5.41, 5.74) is 0. The topological polar surface area (TPSA) is 55.4 Å². The molecule has 0 rings (SSSR count). The zero-order valence-corrected chi connectivity index (χ0v) is 9.74. The maximum Gasteiger partial charge on any atom is 0.312 e. The quantitative estimate of drug-likeness (QED) is 0.552. The Kier molecular flexibility index (Phi) is 6.42. The van der Waals surface area contributed by atoms with Gasteiger partial charge >= 0.3 is 5.97 Å². The Labute approximate surface area is 90.7 Å². The first-order valence-electron chi connectivity index (χ1n) is 5.09. The minimum absolute atomic E-state index is 0.0700. The molecular weight excluding hydrogens is 194 g/mol. The van der Waals surface area contributed by atoms with Crippen LogP contribution >= 0.6 is 0 Å². The number of hydrogen-bond acceptors (Lipinski definition) is 3. The summed E-state index contributed by atoms with van der Waals surface area (Å²) in [6.45, 7) is 7.22. The van der Waals surface area contributed by atoms with Crippen molar-refractivity contribution in [3.05, 3.63) is 12.2 Å². The first-order chi connectivity index (χ1) is 6.97. The highest BCUT2D eigenvalue weighted by molar-refractivity contribution is 5.74. The van der Waals surface area contributed by atoms with E-state index in [9.17, 15) is 9.59 Å². The zero-order chi connectivity index (χ0) is 11.8. The van der Waals surface area contributed by atoms with Crippen LogP contribution in [0.2, 0.25) is 0 Å². The number of amides is 1. The van der Waals surface area contributed by atoms with Gasteiger partial charge in [-0.25, -0.2) is 0 Å². The van der Waals surface area contributed by atoms with Crippen LogP contribution in [0.15, 0.2) is 12.2 Å². The second kappa shape index (κ2) is 7.04. The highest BCUT2D eigenvalue weighted by atomic mass is 16.5. The first-order valence-corrected chi connectivity index (χ1v) is 5.09. The van der Waals surface area contributed by atoms with Crippen molar-refractivity contribution in [3.63, 3.8) is 0 Å². The summed E-state index contributed by atoms with van der Waals surface area (Å²) in [5, 5.41) is 2.69. The molecule has 0 aromatic carbocycles. The van der Waals surface area contributed by atoms with Gasteiger partial charge in [0.15, 0.2) is 0 Å². The molecule has 0 fully saturated rings. The lowest BCUT2D eigenvalue weighted by molar-refractivity contribution is -0.145. The van der Waals surface area contributed by atoms with Crippen molar-refractivity contribution in [1.82, 2.24) is 5.32 Å². The molecule has 0 aliphatic rings. The van der Waals surface area contributed by atoms with Gasteiger partial charge in [0.05, 0.1) is 12.5 Å². The van der Waals surface area contributed by atoms with E-state index >= 15 is 0 Å². The van der Waals surface area contributed by atoms with E-state index in [2.05, 4.69) is 5.32 Å². The third-order valence-electron chi connectivity index (χ3n) is 1.78. The molecule has 1 N–H and O–H groups in total. The fourth-order valence-electron chi connectivity index (χ4n) is 1.05. The molecule has 4 heteroatoms. The van der Waals surface area contributed by atoms with E-state index in [1.165, 1.54) is 6.92 Å². The second-order valence-electron chi connectivity index (χ2n) is 3.41. The van der Waals surface area contributed by atoms with Crippen LogP contribution in [0, 0.1) is 5.92 Å². The molecule has 0 saturated heterocycles. The summed E-state index contributed by atoms with van der Waals surface area (Å²) >= 11 is 0. The van der Waals surface area contributed by atoms with E-state index in [-0.39, 0.29) is 23.8 Å². The van der Waals surface area contributed by atoms with Crippen LogP contribution in [0.3, 0.4) is 0 Å². The summed E-state index contributed by atoms with van der Waals surface area (Å²) in [6.07, 6.45) is 3.52. The molecule has 4 nitrogen and oxygen atoms in total. The minimum atomic E-state index is -0.277. The van der Waals surface area contributed by atoms with Crippen LogP contribution in [0.4, 0.5) is 0 Å². The normalized spacial score (nSPS) is 14.7. The van der Waals surface area contributed by atoms with Crippen molar-refractivity contribution in [2.24, 2.45) is 5.92 Å². The lowest BCUT2D eigenvalue weighted by Gasteiger charge is -2.09. The molecule has 0 radical (unpaired) electrons. The van der Waals surface area contributed by atoms with Crippen LogP contribution in [0.25, 0.3) is 0 Å². The summed E-state index contributed by atoms with van der Waals surface area (Å²) in [5.74, 6) is -0.610. The van der Waals surface area contributed by atoms with Gasteiger partial charge in [0.25, 0.3) is 0 Å². The molecular formula is C11H19NO3. The smallest absolute Gasteiger partial charge is 0.312 e. The summed E-state index contributed by atoms with van der Waals surface area (Å²) in [6, 6.07) is -0.0700. The predicted octanol–water partition coefficient (Wildman–Crippen LogP) is 1.27. The minimum Gasteiger partial charge on any atom is -0.466 e. The van der Waals surface area contributed by atoms with Gasteiger partial charge in [-0.15, -0.1) is 0 Å². The number of ether oxygens (including phenoxy) is 1. The number of carbonyl (C=O) groups excluding carboxylic acids is 2.